The molecule has 0 saturated heterocycles. The van der Waals surface area contributed by atoms with Crippen molar-refractivity contribution in [2.75, 3.05) is 11.8 Å². The first-order valence-electron chi connectivity index (χ1n) is 10.8. The Kier molecular flexibility index (Phi) is 7.43. The van der Waals surface area contributed by atoms with Gasteiger partial charge in [0.25, 0.3) is 15.9 Å². The van der Waals surface area contributed by atoms with Gasteiger partial charge in [-0.15, -0.1) is 0 Å². The summed E-state index contributed by atoms with van der Waals surface area (Å²) in [6.07, 6.45) is 0.684. The smallest absolute Gasteiger partial charge is 0.262 e. The van der Waals surface area contributed by atoms with Gasteiger partial charge in [0.2, 0.25) is 0 Å². The minimum absolute atomic E-state index is 0.0774. The van der Waals surface area contributed by atoms with Crippen molar-refractivity contribution in [1.29, 1.82) is 0 Å². The Balaban J connectivity index is 1.86. The molecule has 7 heteroatoms. The Bertz CT molecular complexity index is 1250. The average Bonchev–Trinajstić information content (AvgIpc) is 2.79. The van der Waals surface area contributed by atoms with Crippen LogP contribution >= 0.6 is 0 Å². The van der Waals surface area contributed by atoms with E-state index in [2.05, 4.69) is 10.0 Å². The number of rotatable bonds is 8. The number of anilines is 1. The third-order valence-corrected chi connectivity index (χ3v) is 7.12. The number of sulfonamides is 1. The van der Waals surface area contributed by atoms with Gasteiger partial charge >= 0.3 is 0 Å². The molecule has 6 nitrogen and oxygen atoms in total. The molecule has 3 aromatic carbocycles. The van der Waals surface area contributed by atoms with Crippen molar-refractivity contribution in [3.63, 3.8) is 0 Å². The molecular formula is C26H30N2O4S. The predicted octanol–water partition coefficient (Wildman–Crippen LogP) is 5.30. The molecule has 0 aromatic heterocycles. The Labute approximate surface area is 196 Å². The number of benzene rings is 3. The number of aryl methyl sites for hydroxylation is 3. The van der Waals surface area contributed by atoms with Crippen LogP contribution in [0.4, 0.5) is 5.69 Å². The fraction of sp³-hybridized carbons (Fsp3) is 0.269. The van der Waals surface area contributed by atoms with Gasteiger partial charge in [-0.1, -0.05) is 37.3 Å². The second-order valence-corrected chi connectivity index (χ2v) is 9.76. The number of carbonyl (C=O) groups excluding carboxylic acids is 1. The summed E-state index contributed by atoms with van der Waals surface area (Å²) in [5, 5.41) is 3.01. The van der Waals surface area contributed by atoms with Crippen molar-refractivity contribution in [3.8, 4) is 5.75 Å². The molecule has 0 fully saturated rings. The van der Waals surface area contributed by atoms with Crippen LogP contribution in [0.3, 0.4) is 0 Å². The number of methoxy groups -OCH3 is 1. The summed E-state index contributed by atoms with van der Waals surface area (Å²) in [4.78, 5) is 13.1. The largest absolute Gasteiger partial charge is 0.497 e. The summed E-state index contributed by atoms with van der Waals surface area (Å²) in [5.41, 5.74) is 4.09. The summed E-state index contributed by atoms with van der Waals surface area (Å²) in [7, 11) is -2.27. The maximum absolute atomic E-state index is 13.2. The van der Waals surface area contributed by atoms with Crippen molar-refractivity contribution in [2.24, 2.45) is 0 Å². The zero-order chi connectivity index (χ0) is 24.2. The third kappa shape index (κ3) is 5.73. The van der Waals surface area contributed by atoms with Gasteiger partial charge in [0, 0.05) is 5.56 Å². The molecule has 1 atom stereocenters. The van der Waals surface area contributed by atoms with Gasteiger partial charge in [-0.25, -0.2) is 8.42 Å². The summed E-state index contributed by atoms with van der Waals surface area (Å²) >= 11 is 0. The molecule has 0 aliphatic rings. The summed E-state index contributed by atoms with van der Waals surface area (Å²) in [6.45, 7) is 7.44. The van der Waals surface area contributed by atoms with Crippen LogP contribution in [0.2, 0.25) is 0 Å². The fourth-order valence-corrected chi connectivity index (χ4v) is 4.97. The second kappa shape index (κ2) is 10.1. The molecule has 3 rings (SSSR count). The minimum Gasteiger partial charge on any atom is -0.497 e. The van der Waals surface area contributed by atoms with Gasteiger partial charge in [0.15, 0.2) is 0 Å². The van der Waals surface area contributed by atoms with Crippen LogP contribution in [0.25, 0.3) is 0 Å². The van der Waals surface area contributed by atoms with Gasteiger partial charge in [0.05, 0.1) is 23.7 Å². The van der Waals surface area contributed by atoms with Crippen LogP contribution in [-0.4, -0.2) is 21.4 Å². The van der Waals surface area contributed by atoms with E-state index < -0.39 is 10.0 Å². The number of carbonyl (C=O) groups is 1. The fourth-order valence-electron chi connectivity index (χ4n) is 3.58. The van der Waals surface area contributed by atoms with Crippen LogP contribution in [0, 0.1) is 20.8 Å². The molecule has 174 valence electrons. The normalized spacial score (nSPS) is 12.2. The van der Waals surface area contributed by atoms with Crippen molar-refractivity contribution in [3.05, 3.63) is 88.5 Å². The van der Waals surface area contributed by atoms with E-state index in [1.807, 2.05) is 57.2 Å². The number of amides is 1. The molecule has 0 radical (unpaired) electrons. The number of nitrogens with one attached hydrogen (secondary N) is 2. The summed E-state index contributed by atoms with van der Waals surface area (Å²) in [5.74, 6) is 0.408. The molecule has 2 N–H and O–H groups in total. The first-order chi connectivity index (χ1) is 15.6. The minimum atomic E-state index is -3.88. The molecular weight excluding hydrogens is 436 g/mol. The Morgan fingerprint density at radius 2 is 1.61 bits per heavy atom. The lowest BCUT2D eigenvalue weighted by Gasteiger charge is -2.19. The molecule has 0 unspecified atom stereocenters. The lowest BCUT2D eigenvalue weighted by atomic mass is 10.0. The molecule has 33 heavy (non-hydrogen) atoms. The van der Waals surface area contributed by atoms with E-state index in [0.717, 1.165) is 22.4 Å². The Morgan fingerprint density at radius 3 is 2.24 bits per heavy atom. The van der Waals surface area contributed by atoms with E-state index in [1.165, 1.54) is 6.07 Å². The predicted molar refractivity (Wildman–Crippen MR) is 131 cm³/mol. The van der Waals surface area contributed by atoms with Crippen LogP contribution in [0.1, 0.15) is 52.0 Å². The van der Waals surface area contributed by atoms with Crippen molar-refractivity contribution in [2.45, 2.75) is 45.1 Å². The monoisotopic (exact) mass is 466 g/mol. The first-order valence-corrected chi connectivity index (χ1v) is 12.3. The van der Waals surface area contributed by atoms with E-state index in [9.17, 15) is 13.2 Å². The average molecular weight is 467 g/mol. The highest BCUT2D eigenvalue weighted by Gasteiger charge is 2.21. The maximum atomic E-state index is 13.2. The maximum Gasteiger partial charge on any atom is 0.262 e. The van der Waals surface area contributed by atoms with Gasteiger partial charge in [-0.05, 0) is 79.8 Å². The molecule has 0 saturated carbocycles. The van der Waals surface area contributed by atoms with Gasteiger partial charge in [-0.3, -0.25) is 9.52 Å². The van der Waals surface area contributed by atoms with Crippen molar-refractivity contribution in [1.82, 2.24) is 5.32 Å². The highest BCUT2D eigenvalue weighted by atomic mass is 32.2. The molecule has 0 spiro atoms. The van der Waals surface area contributed by atoms with Gasteiger partial charge in [0.1, 0.15) is 5.75 Å². The quantitative estimate of drug-likeness (QED) is 0.472. The van der Waals surface area contributed by atoms with Crippen LogP contribution in [0.15, 0.2) is 65.6 Å². The highest BCUT2D eigenvalue weighted by Crippen LogP contribution is 2.25. The molecule has 1 amide bonds. The molecule has 0 aliphatic heterocycles. The van der Waals surface area contributed by atoms with Crippen molar-refractivity contribution < 1.29 is 17.9 Å². The van der Waals surface area contributed by atoms with E-state index in [1.54, 1.807) is 32.2 Å². The third-order valence-electron chi connectivity index (χ3n) is 5.61. The zero-order valence-electron chi connectivity index (χ0n) is 19.6. The number of hydrogen-bond acceptors (Lipinski definition) is 4. The molecule has 0 bridgehead atoms. The van der Waals surface area contributed by atoms with Crippen LogP contribution in [0.5, 0.6) is 5.75 Å². The lowest BCUT2D eigenvalue weighted by molar-refractivity contribution is 0.0935. The summed E-state index contributed by atoms with van der Waals surface area (Å²) < 4.78 is 34.2. The molecule has 0 heterocycles. The Hall–Kier alpha value is -3.32. The van der Waals surface area contributed by atoms with Crippen LogP contribution < -0.4 is 14.8 Å². The van der Waals surface area contributed by atoms with Gasteiger partial charge < -0.3 is 10.1 Å². The van der Waals surface area contributed by atoms with Crippen LogP contribution in [-0.2, 0) is 10.0 Å². The van der Waals surface area contributed by atoms with E-state index in [0.29, 0.717) is 17.7 Å². The van der Waals surface area contributed by atoms with Gasteiger partial charge in [-0.2, -0.15) is 0 Å². The number of ether oxygens (including phenoxy) is 1. The zero-order valence-corrected chi connectivity index (χ0v) is 20.4. The molecule has 0 aliphatic carbocycles. The highest BCUT2D eigenvalue weighted by molar-refractivity contribution is 7.92. The standard InChI is InChI=1S/C26H30N2O4S/c1-6-23(20-11-13-22(32-5)14-12-20)27-26(29)21-10-9-19(4)25(16-21)33(30,31)28-24-15-17(2)7-8-18(24)3/h7-16,23,28H,6H2,1-5H3,(H,27,29)/t23-/m1/s1. The first kappa shape index (κ1) is 24.3. The topological polar surface area (TPSA) is 84.5 Å². The van der Waals surface area contributed by atoms with E-state index >= 15 is 0 Å². The lowest BCUT2D eigenvalue weighted by Crippen LogP contribution is -2.28. The van der Waals surface area contributed by atoms with Crippen molar-refractivity contribution >= 4 is 21.6 Å². The Morgan fingerprint density at radius 1 is 0.939 bits per heavy atom. The van der Waals surface area contributed by atoms with E-state index in [4.69, 9.17) is 4.74 Å². The number of hydrogen-bond donors (Lipinski definition) is 2. The second-order valence-electron chi connectivity index (χ2n) is 8.11. The van der Waals surface area contributed by atoms with E-state index in [-0.39, 0.29) is 22.4 Å². The summed E-state index contributed by atoms with van der Waals surface area (Å²) in [6, 6.07) is 17.6. The SMILES string of the molecule is CC[C@@H](NC(=O)c1ccc(C)c(S(=O)(=O)Nc2cc(C)ccc2C)c1)c1ccc(OC)cc1. The molecule has 3 aromatic rings.